The van der Waals surface area contributed by atoms with E-state index in [1.165, 1.54) is 0 Å². The summed E-state index contributed by atoms with van der Waals surface area (Å²) in [6.45, 7) is 5.18. The third kappa shape index (κ3) is 2.31. The molecule has 1 aromatic rings. The molecule has 0 fully saturated rings. The SMILES string of the molecule is C=NC(=O)Cc1cccc(C)c1. The van der Waals surface area contributed by atoms with Gasteiger partial charge in [0.1, 0.15) is 0 Å². The van der Waals surface area contributed by atoms with Crippen LogP contribution in [0.2, 0.25) is 0 Å². The Bertz CT molecular complexity index is 304. The van der Waals surface area contributed by atoms with Crippen LogP contribution in [0.15, 0.2) is 29.3 Å². The molecule has 0 saturated carbocycles. The summed E-state index contributed by atoms with van der Waals surface area (Å²) in [6, 6.07) is 7.81. The van der Waals surface area contributed by atoms with Crippen molar-refractivity contribution in [3.63, 3.8) is 0 Å². The maximum absolute atomic E-state index is 10.9. The van der Waals surface area contributed by atoms with Crippen molar-refractivity contribution in [1.82, 2.24) is 0 Å². The molecule has 12 heavy (non-hydrogen) atoms. The van der Waals surface area contributed by atoms with Crippen LogP contribution in [-0.2, 0) is 11.2 Å². The minimum absolute atomic E-state index is 0.180. The monoisotopic (exact) mass is 161 g/mol. The topological polar surface area (TPSA) is 29.4 Å². The Hall–Kier alpha value is -1.44. The predicted octanol–water partition coefficient (Wildman–Crippen LogP) is 1.76. The molecule has 0 aliphatic carbocycles. The molecule has 0 N–H and O–H groups in total. The van der Waals surface area contributed by atoms with Gasteiger partial charge in [0, 0.05) is 0 Å². The highest BCUT2D eigenvalue weighted by molar-refractivity contribution is 5.82. The first kappa shape index (κ1) is 8.65. The molecular weight excluding hydrogens is 150 g/mol. The van der Waals surface area contributed by atoms with Gasteiger partial charge in [-0.25, -0.2) is 4.99 Å². The third-order valence-electron chi connectivity index (χ3n) is 1.61. The lowest BCUT2D eigenvalue weighted by atomic mass is 10.1. The minimum atomic E-state index is -0.180. The van der Waals surface area contributed by atoms with Crippen LogP contribution in [0.5, 0.6) is 0 Å². The summed E-state index contributed by atoms with van der Waals surface area (Å²) in [6.07, 6.45) is 0.352. The first-order valence-electron chi connectivity index (χ1n) is 3.77. The number of nitrogens with zero attached hydrogens (tertiary/aromatic N) is 1. The number of hydrogen-bond acceptors (Lipinski definition) is 1. The molecule has 0 saturated heterocycles. The molecule has 0 radical (unpaired) electrons. The Balaban J connectivity index is 2.76. The molecule has 1 rings (SSSR count). The second-order valence-electron chi connectivity index (χ2n) is 2.72. The van der Waals surface area contributed by atoms with Gasteiger partial charge in [-0.1, -0.05) is 29.8 Å². The zero-order chi connectivity index (χ0) is 8.97. The van der Waals surface area contributed by atoms with E-state index < -0.39 is 0 Å². The number of aryl methyl sites for hydroxylation is 1. The molecule has 0 bridgehead atoms. The van der Waals surface area contributed by atoms with Crippen molar-refractivity contribution in [2.24, 2.45) is 4.99 Å². The smallest absolute Gasteiger partial charge is 0.249 e. The summed E-state index contributed by atoms with van der Waals surface area (Å²) in [5, 5.41) is 0. The van der Waals surface area contributed by atoms with Gasteiger partial charge < -0.3 is 0 Å². The normalized spacial score (nSPS) is 9.42. The highest BCUT2D eigenvalue weighted by Crippen LogP contribution is 2.04. The van der Waals surface area contributed by atoms with Crippen LogP contribution < -0.4 is 0 Å². The van der Waals surface area contributed by atoms with Crippen molar-refractivity contribution in [1.29, 1.82) is 0 Å². The molecule has 0 aliphatic rings. The molecule has 1 aromatic carbocycles. The van der Waals surface area contributed by atoms with Gasteiger partial charge in [0.05, 0.1) is 6.42 Å². The molecule has 0 unspecified atom stereocenters. The van der Waals surface area contributed by atoms with Gasteiger partial charge in [0.2, 0.25) is 5.91 Å². The van der Waals surface area contributed by atoms with E-state index in [4.69, 9.17) is 0 Å². The van der Waals surface area contributed by atoms with Crippen molar-refractivity contribution in [3.8, 4) is 0 Å². The average molecular weight is 161 g/mol. The number of rotatable bonds is 2. The van der Waals surface area contributed by atoms with Crippen LogP contribution in [0, 0.1) is 6.92 Å². The summed E-state index contributed by atoms with van der Waals surface area (Å²) in [5.74, 6) is -0.180. The predicted molar refractivity (Wildman–Crippen MR) is 49.4 cm³/mol. The van der Waals surface area contributed by atoms with E-state index in [0.29, 0.717) is 6.42 Å². The zero-order valence-corrected chi connectivity index (χ0v) is 7.08. The summed E-state index contributed by atoms with van der Waals surface area (Å²) < 4.78 is 0. The molecule has 0 aromatic heterocycles. The van der Waals surface area contributed by atoms with E-state index in [9.17, 15) is 4.79 Å². The van der Waals surface area contributed by atoms with Crippen LogP contribution in [-0.4, -0.2) is 12.6 Å². The van der Waals surface area contributed by atoms with E-state index in [-0.39, 0.29) is 5.91 Å². The van der Waals surface area contributed by atoms with Gasteiger partial charge in [0.25, 0.3) is 0 Å². The maximum Gasteiger partial charge on any atom is 0.249 e. The zero-order valence-electron chi connectivity index (χ0n) is 7.08. The molecule has 0 spiro atoms. The second kappa shape index (κ2) is 3.81. The minimum Gasteiger partial charge on any atom is -0.272 e. The Kier molecular flexibility index (Phi) is 2.75. The van der Waals surface area contributed by atoms with E-state index in [2.05, 4.69) is 11.7 Å². The maximum atomic E-state index is 10.9. The Morgan fingerprint density at radius 3 is 2.92 bits per heavy atom. The van der Waals surface area contributed by atoms with Gasteiger partial charge in [0.15, 0.2) is 0 Å². The van der Waals surface area contributed by atoms with Crippen LogP contribution >= 0.6 is 0 Å². The van der Waals surface area contributed by atoms with Gasteiger partial charge in [-0.15, -0.1) is 0 Å². The van der Waals surface area contributed by atoms with E-state index >= 15 is 0 Å². The quantitative estimate of drug-likeness (QED) is 0.608. The first-order valence-corrected chi connectivity index (χ1v) is 3.77. The number of benzene rings is 1. The van der Waals surface area contributed by atoms with Crippen molar-refractivity contribution in [2.45, 2.75) is 13.3 Å². The number of carbonyl (C=O) groups is 1. The van der Waals surface area contributed by atoms with Crippen molar-refractivity contribution >= 4 is 12.6 Å². The molecule has 62 valence electrons. The number of amides is 1. The van der Waals surface area contributed by atoms with Crippen LogP contribution in [0.25, 0.3) is 0 Å². The Morgan fingerprint density at radius 2 is 2.33 bits per heavy atom. The van der Waals surface area contributed by atoms with Crippen LogP contribution in [0.4, 0.5) is 0 Å². The highest BCUT2D eigenvalue weighted by atomic mass is 16.1. The summed E-state index contributed by atoms with van der Waals surface area (Å²) in [5.41, 5.74) is 2.15. The Morgan fingerprint density at radius 1 is 1.58 bits per heavy atom. The summed E-state index contributed by atoms with van der Waals surface area (Å²) in [4.78, 5) is 14.2. The molecule has 0 heterocycles. The lowest BCUT2D eigenvalue weighted by Gasteiger charge is -1.97. The molecule has 2 nitrogen and oxygen atoms in total. The third-order valence-corrected chi connectivity index (χ3v) is 1.61. The fourth-order valence-corrected chi connectivity index (χ4v) is 1.05. The lowest BCUT2D eigenvalue weighted by Crippen LogP contribution is -1.97. The van der Waals surface area contributed by atoms with Gasteiger partial charge in [-0.3, -0.25) is 4.79 Å². The molecule has 0 aliphatic heterocycles. The fraction of sp³-hybridized carbons (Fsp3) is 0.200. The Labute approximate surface area is 71.9 Å². The van der Waals surface area contributed by atoms with Crippen LogP contribution in [0.3, 0.4) is 0 Å². The second-order valence-corrected chi connectivity index (χ2v) is 2.72. The highest BCUT2D eigenvalue weighted by Gasteiger charge is 1.99. The lowest BCUT2D eigenvalue weighted by molar-refractivity contribution is -0.117. The van der Waals surface area contributed by atoms with E-state index in [1.54, 1.807) is 0 Å². The first-order chi connectivity index (χ1) is 5.72. The molecular formula is C10H11NO. The van der Waals surface area contributed by atoms with Crippen molar-refractivity contribution in [2.75, 3.05) is 0 Å². The van der Waals surface area contributed by atoms with Gasteiger partial charge in [-0.05, 0) is 19.2 Å². The number of aliphatic imine (C=N–C) groups is 1. The largest absolute Gasteiger partial charge is 0.272 e. The summed E-state index contributed by atoms with van der Waals surface area (Å²) in [7, 11) is 0. The van der Waals surface area contributed by atoms with Crippen LogP contribution in [0.1, 0.15) is 11.1 Å². The average Bonchev–Trinajstić information content (AvgIpc) is 2.04. The van der Waals surface area contributed by atoms with Gasteiger partial charge >= 0.3 is 0 Å². The van der Waals surface area contributed by atoms with Crippen molar-refractivity contribution in [3.05, 3.63) is 35.4 Å². The number of hydrogen-bond donors (Lipinski definition) is 0. The molecule has 1 amide bonds. The molecule has 2 heteroatoms. The van der Waals surface area contributed by atoms with E-state index in [1.807, 2.05) is 31.2 Å². The molecule has 0 atom stereocenters. The van der Waals surface area contributed by atoms with Gasteiger partial charge in [-0.2, -0.15) is 0 Å². The number of carbonyl (C=O) groups excluding carboxylic acids is 1. The fourth-order valence-electron chi connectivity index (χ4n) is 1.05. The van der Waals surface area contributed by atoms with Crippen molar-refractivity contribution < 1.29 is 4.79 Å². The van der Waals surface area contributed by atoms with E-state index in [0.717, 1.165) is 11.1 Å². The standard InChI is InChI=1S/C10H11NO/c1-8-4-3-5-9(6-8)7-10(12)11-2/h3-6H,2,7H2,1H3. The summed E-state index contributed by atoms with van der Waals surface area (Å²) >= 11 is 0.